The van der Waals surface area contributed by atoms with Gasteiger partial charge in [-0.05, 0) is 49.2 Å². The Kier molecular flexibility index (Phi) is 4.23. The fourth-order valence-electron chi connectivity index (χ4n) is 1.82. The minimum atomic E-state index is -1.02. The van der Waals surface area contributed by atoms with Crippen molar-refractivity contribution >= 4 is 23.6 Å². The van der Waals surface area contributed by atoms with E-state index in [1.807, 2.05) is 13.0 Å². The van der Waals surface area contributed by atoms with Gasteiger partial charge in [-0.15, -0.1) is 0 Å². The number of anilines is 1. The highest BCUT2D eigenvalue weighted by Crippen LogP contribution is 2.18. The molecule has 0 aliphatic rings. The normalized spacial score (nSPS) is 10.8. The van der Waals surface area contributed by atoms with Gasteiger partial charge in [0.05, 0.1) is 5.56 Å². The van der Waals surface area contributed by atoms with Crippen molar-refractivity contribution in [2.75, 3.05) is 5.32 Å². The molecule has 1 heterocycles. The Hall–Kier alpha value is -2.82. The first-order chi connectivity index (χ1) is 9.95. The summed E-state index contributed by atoms with van der Waals surface area (Å²) in [7, 11) is 0. The molecule has 1 aromatic heterocycles. The monoisotopic (exact) mass is 285 g/mol. The summed E-state index contributed by atoms with van der Waals surface area (Å²) < 4.78 is 5.09. The zero-order valence-electron chi connectivity index (χ0n) is 11.7. The molecule has 108 valence electrons. The Balaban J connectivity index is 2.19. The second-order valence-corrected chi connectivity index (χ2v) is 4.64. The van der Waals surface area contributed by atoms with Crippen LogP contribution in [0, 0.1) is 13.8 Å². The number of carbonyl (C=O) groups excluding carboxylic acids is 1. The largest absolute Gasteiger partial charge is 0.478 e. The Morgan fingerprint density at radius 1 is 1.24 bits per heavy atom. The zero-order valence-corrected chi connectivity index (χ0v) is 11.7. The number of carboxylic acids is 1. The summed E-state index contributed by atoms with van der Waals surface area (Å²) in [6.45, 7) is 3.63. The van der Waals surface area contributed by atoms with Crippen LogP contribution in [0.2, 0.25) is 0 Å². The van der Waals surface area contributed by atoms with Crippen molar-refractivity contribution in [2.24, 2.45) is 0 Å². The molecule has 2 aromatic rings. The lowest BCUT2D eigenvalue weighted by atomic mass is 10.1. The number of aliphatic carboxylic acids is 1. The van der Waals surface area contributed by atoms with Gasteiger partial charge in [-0.1, -0.05) is 6.07 Å². The lowest BCUT2D eigenvalue weighted by molar-refractivity contribution is -0.131. The summed E-state index contributed by atoms with van der Waals surface area (Å²) in [4.78, 5) is 22.6. The Labute approximate surface area is 121 Å². The predicted octanol–water partition coefficient (Wildman–Crippen LogP) is 3.25. The number of hydrogen-bond donors (Lipinski definition) is 2. The number of aryl methyl sites for hydroxylation is 2. The van der Waals surface area contributed by atoms with Gasteiger partial charge in [0, 0.05) is 11.8 Å². The van der Waals surface area contributed by atoms with Crippen LogP contribution in [0.5, 0.6) is 0 Å². The third kappa shape index (κ3) is 3.82. The molecule has 0 saturated carbocycles. The standard InChI is InChI=1S/C16H15NO4/c1-10-3-5-14(8-12(10)4-6-15(18)19)17-16(20)13-7-11(2)21-9-13/h3-9H,1-2H3,(H,17,20)(H,18,19)/b6-4+. The van der Waals surface area contributed by atoms with Crippen molar-refractivity contribution in [2.45, 2.75) is 13.8 Å². The molecule has 2 N–H and O–H groups in total. The fraction of sp³-hybridized carbons (Fsp3) is 0.125. The van der Waals surface area contributed by atoms with Crippen molar-refractivity contribution in [3.63, 3.8) is 0 Å². The van der Waals surface area contributed by atoms with Crippen molar-refractivity contribution < 1.29 is 19.1 Å². The summed E-state index contributed by atoms with van der Waals surface area (Å²) in [6.07, 6.45) is 3.95. The maximum absolute atomic E-state index is 12.0. The summed E-state index contributed by atoms with van der Waals surface area (Å²) in [5, 5.41) is 11.4. The van der Waals surface area contributed by atoms with Gasteiger partial charge in [0.15, 0.2) is 0 Å². The van der Waals surface area contributed by atoms with E-state index in [9.17, 15) is 9.59 Å². The van der Waals surface area contributed by atoms with Crippen LogP contribution in [0.25, 0.3) is 6.08 Å². The van der Waals surface area contributed by atoms with E-state index >= 15 is 0 Å². The molecule has 2 rings (SSSR count). The average molecular weight is 285 g/mol. The first kappa shape index (κ1) is 14.6. The maximum Gasteiger partial charge on any atom is 0.328 e. The third-order valence-corrected chi connectivity index (χ3v) is 2.94. The molecule has 1 amide bonds. The third-order valence-electron chi connectivity index (χ3n) is 2.94. The lowest BCUT2D eigenvalue weighted by Gasteiger charge is -2.07. The van der Waals surface area contributed by atoms with Crippen LogP contribution in [0.4, 0.5) is 5.69 Å². The van der Waals surface area contributed by atoms with Gasteiger partial charge in [-0.25, -0.2) is 4.79 Å². The van der Waals surface area contributed by atoms with Crippen molar-refractivity contribution in [1.29, 1.82) is 0 Å². The molecule has 0 atom stereocenters. The van der Waals surface area contributed by atoms with Gasteiger partial charge >= 0.3 is 5.97 Å². The summed E-state index contributed by atoms with van der Waals surface area (Å²) >= 11 is 0. The number of carbonyl (C=O) groups is 2. The van der Waals surface area contributed by atoms with Crippen LogP contribution in [-0.4, -0.2) is 17.0 Å². The lowest BCUT2D eigenvalue weighted by Crippen LogP contribution is -2.11. The second-order valence-electron chi connectivity index (χ2n) is 4.64. The van der Waals surface area contributed by atoms with Gasteiger partial charge in [0.2, 0.25) is 0 Å². The summed E-state index contributed by atoms with van der Waals surface area (Å²) in [5.74, 6) is -0.629. The first-order valence-corrected chi connectivity index (χ1v) is 6.34. The SMILES string of the molecule is Cc1cc(C(=O)Nc2ccc(C)c(/C=C/C(=O)O)c2)co1. The number of amides is 1. The molecule has 0 unspecified atom stereocenters. The van der Waals surface area contributed by atoms with Gasteiger partial charge < -0.3 is 14.8 Å². The number of benzene rings is 1. The van der Waals surface area contributed by atoms with Crippen molar-refractivity contribution in [3.8, 4) is 0 Å². The molecule has 0 spiro atoms. The highest BCUT2D eigenvalue weighted by molar-refractivity contribution is 6.04. The van der Waals surface area contributed by atoms with E-state index in [4.69, 9.17) is 9.52 Å². The second kappa shape index (κ2) is 6.09. The molecule has 0 aliphatic heterocycles. The first-order valence-electron chi connectivity index (χ1n) is 6.34. The van der Waals surface area contributed by atoms with Gasteiger partial charge in [0.1, 0.15) is 12.0 Å². The van der Waals surface area contributed by atoms with Crippen LogP contribution in [0.1, 0.15) is 27.2 Å². The number of hydrogen-bond acceptors (Lipinski definition) is 3. The molecule has 0 radical (unpaired) electrons. The minimum absolute atomic E-state index is 0.274. The topological polar surface area (TPSA) is 79.5 Å². The number of carboxylic acid groups (broad SMARTS) is 1. The molecule has 5 heteroatoms. The quantitative estimate of drug-likeness (QED) is 0.845. The van der Waals surface area contributed by atoms with Gasteiger partial charge in [0.25, 0.3) is 5.91 Å². The van der Waals surface area contributed by atoms with Crippen LogP contribution in [0.15, 0.2) is 41.0 Å². The van der Waals surface area contributed by atoms with Gasteiger partial charge in [-0.2, -0.15) is 0 Å². The molecule has 0 aliphatic carbocycles. The average Bonchev–Trinajstić information content (AvgIpc) is 2.86. The van der Waals surface area contributed by atoms with E-state index < -0.39 is 5.97 Å². The van der Waals surface area contributed by atoms with E-state index in [2.05, 4.69) is 5.32 Å². The number of furan rings is 1. The van der Waals surface area contributed by atoms with Gasteiger partial charge in [-0.3, -0.25) is 4.79 Å². The Morgan fingerprint density at radius 3 is 2.62 bits per heavy atom. The fourth-order valence-corrected chi connectivity index (χ4v) is 1.82. The van der Waals surface area contributed by atoms with E-state index in [-0.39, 0.29) is 5.91 Å². The Bertz CT molecular complexity index is 713. The highest BCUT2D eigenvalue weighted by Gasteiger charge is 2.09. The molecule has 0 bridgehead atoms. The highest BCUT2D eigenvalue weighted by atomic mass is 16.4. The molecular weight excluding hydrogens is 270 g/mol. The van der Waals surface area contributed by atoms with Crippen molar-refractivity contribution in [3.05, 3.63) is 59.1 Å². The molecule has 5 nitrogen and oxygen atoms in total. The van der Waals surface area contributed by atoms with E-state index in [0.29, 0.717) is 17.0 Å². The zero-order chi connectivity index (χ0) is 15.4. The predicted molar refractivity (Wildman–Crippen MR) is 79.2 cm³/mol. The Morgan fingerprint density at radius 2 is 2.00 bits per heavy atom. The van der Waals surface area contributed by atoms with Crippen LogP contribution >= 0.6 is 0 Å². The van der Waals surface area contributed by atoms with Crippen molar-refractivity contribution in [1.82, 2.24) is 0 Å². The minimum Gasteiger partial charge on any atom is -0.478 e. The molecular formula is C16H15NO4. The number of nitrogens with one attached hydrogen (secondary N) is 1. The summed E-state index contributed by atoms with van der Waals surface area (Å²) in [6, 6.07) is 6.95. The van der Waals surface area contributed by atoms with Crippen LogP contribution in [0.3, 0.4) is 0 Å². The summed E-state index contributed by atoms with van der Waals surface area (Å²) in [5.41, 5.74) is 2.69. The van der Waals surface area contributed by atoms with E-state index in [1.165, 1.54) is 12.3 Å². The van der Waals surface area contributed by atoms with E-state index in [0.717, 1.165) is 17.2 Å². The molecule has 0 fully saturated rings. The van der Waals surface area contributed by atoms with E-state index in [1.54, 1.807) is 25.1 Å². The number of rotatable bonds is 4. The molecule has 1 aromatic carbocycles. The van der Waals surface area contributed by atoms with Crippen LogP contribution < -0.4 is 5.32 Å². The molecule has 21 heavy (non-hydrogen) atoms. The van der Waals surface area contributed by atoms with Crippen LogP contribution in [-0.2, 0) is 4.79 Å². The smallest absolute Gasteiger partial charge is 0.328 e. The maximum atomic E-state index is 12.0. The molecule has 0 saturated heterocycles.